The first kappa shape index (κ1) is 22.2. The van der Waals surface area contributed by atoms with E-state index in [9.17, 15) is 4.21 Å². The molecule has 1 aromatic heterocycles. The topological polar surface area (TPSA) is 67.5 Å². The molecule has 0 aliphatic heterocycles. The van der Waals surface area contributed by atoms with Gasteiger partial charge in [0.1, 0.15) is 0 Å². The molecule has 2 aromatic carbocycles. The molecular formula is C23H31N3O3S. The lowest BCUT2D eigenvalue weighted by Crippen LogP contribution is -2.23. The fraction of sp³-hybridized carbons (Fsp3) is 0.435. The number of aromatic amines is 1. The lowest BCUT2D eigenvalue weighted by Gasteiger charge is -2.25. The highest BCUT2D eigenvalue weighted by molar-refractivity contribution is 7.84. The highest BCUT2D eigenvalue weighted by Crippen LogP contribution is 2.33. The number of nitrogens with zero attached hydrogens (tertiary/aromatic N) is 2. The van der Waals surface area contributed by atoms with Crippen LogP contribution in [0.4, 0.5) is 5.69 Å². The summed E-state index contributed by atoms with van der Waals surface area (Å²) in [6.07, 6.45) is 0. The second-order valence-electron chi connectivity index (χ2n) is 6.96. The van der Waals surface area contributed by atoms with Gasteiger partial charge in [-0.3, -0.25) is 4.21 Å². The van der Waals surface area contributed by atoms with Gasteiger partial charge in [-0.1, -0.05) is 12.1 Å². The number of hydrogen-bond acceptors (Lipinski definition) is 5. The maximum atomic E-state index is 13.2. The van der Waals surface area contributed by atoms with Crippen LogP contribution in [0.3, 0.4) is 0 Å². The molecule has 7 heteroatoms. The average molecular weight is 430 g/mol. The SMILES string of the molecule is CCOc1cc2nc(S(=O)Cc3c(C)cccc3N(CC)CC)[nH]c2cc1OCC. The van der Waals surface area contributed by atoms with E-state index in [1.807, 2.05) is 26.0 Å². The summed E-state index contributed by atoms with van der Waals surface area (Å²) >= 11 is 0. The Hall–Kier alpha value is -2.54. The Kier molecular flexibility index (Phi) is 7.37. The zero-order valence-electron chi connectivity index (χ0n) is 18.4. The fourth-order valence-electron chi connectivity index (χ4n) is 3.57. The quantitative estimate of drug-likeness (QED) is 0.500. The van der Waals surface area contributed by atoms with Crippen molar-refractivity contribution >= 4 is 27.5 Å². The van der Waals surface area contributed by atoms with Crippen LogP contribution in [0.25, 0.3) is 11.0 Å². The first-order valence-corrected chi connectivity index (χ1v) is 11.8. The third-order valence-electron chi connectivity index (χ3n) is 5.11. The maximum Gasteiger partial charge on any atom is 0.197 e. The summed E-state index contributed by atoms with van der Waals surface area (Å²) in [6, 6.07) is 9.94. The molecule has 3 rings (SSSR count). The third kappa shape index (κ3) is 4.61. The highest BCUT2D eigenvalue weighted by Gasteiger charge is 2.18. The van der Waals surface area contributed by atoms with Crippen molar-refractivity contribution in [1.29, 1.82) is 0 Å². The Morgan fingerprint density at radius 1 is 1.03 bits per heavy atom. The molecule has 30 heavy (non-hydrogen) atoms. The smallest absolute Gasteiger partial charge is 0.197 e. The number of benzene rings is 2. The highest BCUT2D eigenvalue weighted by atomic mass is 32.2. The van der Waals surface area contributed by atoms with Gasteiger partial charge in [-0.25, -0.2) is 4.98 Å². The number of aromatic nitrogens is 2. The number of fused-ring (bicyclic) bond motifs is 1. The van der Waals surface area contributed by atoms with Crippen LogP contribution in [0.15, 0.2) is 35.5 Å². The second kappa shape index (κ2) is 9.98. The van der Waals surface area contributed by atoms with E-state index in [1.165, 1.54) is 0 Å². The minimum absolute atomic E-state index is 0.412. The van der Waals surface area contributed by atoms with Crippen molar-refractivity contribution in [2.45, 2.75) is 45.5 Å². The Labute approximate surface area is 181 Å². The number of ether oxygens (including phenoxy) is 2. The van der Waals surface area contributed by atoms with E-state index in [-0.39, 0.29) is 0 Å². The van der Waals surface area contributed by atoms with E-state index in [0.29, 0.717) is 35.6 Å². The summed E-state index contributed by atoms with van der Waals surface area (Å²) < 4.78 is 24.6. The average Bonchev–Trinajstić information content (AvgIpc) is 3.15. The minimum atomic E-state index is -1.30. The summed E-state index contributed by atoms with van der Waals surface area (Å²) in [7, 11) is -1.30. The number of rotatable bonds is 10. The molecule has 1 unspecified atom stereocenters. The van der Waals surface area contributed by atoms with Crippen LogP contribution >= 0.6 is 0 Å². The molecule has 0 aliphatic carbocycles. The van der Waals surface area contributed by atoms with Gasteiger partial charge < -0.3 is 19.4 Å². The Morgan fingerprint density at radius 2 is 1.70 bits per heavy atom. The van der Waals surface area contributed by atoms with Gasteiger partial charge >= 0.3 is 0 Å². The fourth-order valence-corrected chi connectivity index (χ4v) is 4.77. The molecule has 1 heterocycles. The van der Waals surface area contributed by atoms with Crippen molar-refractivity contribution in [3.05, 3.63) is 41.5 Å². The molecule has 0 amide bonds. The van der Waals surface area contributed by atoms with E-state index >= 15 is 0 Å². The molecule has 0 saturated heterocycles. The lowest BCUT2D eigenvalue weighted by molar-refractivity contribution is 0.288. The van der Waals surface area contributed by atoms with Crippen LogP contribution in [0.2, 0.25) is 0 Å². The molecule has 6 nitrogen and oxygen atoms in total. The minimum Gasteiger partial charge on any atom is -0.490 e. The van der Waals surface area contributed by atoms with Gasteiger partial charge in [0.05, 0.1) is 40.8 Å². The van der Waals surface area contributed by atoms with Crippen molar-refractivity contribution in [2.24, 2.45) is 0 Å². The summed E-state index contributed by atoms with van der Waals surface area (Å²) in [5, 5.41) is 0.467. The van der Waals surface area contributed by atoms with Crippen molar-refractivity contribution in [1.82, 2.24) is 9.97 Å². The van der Waals surface area contributed by atoms with Gasteiger partial charge in [0.15, 0.2) is 16.7 Å². The number of hydrogen-bond donors (Lipinski definition) is 1. The van der Waals surface area contributed by atoms with Crippen LogP contribution in [0.1, 0.15) is 38.8 Å². The number of H-pyrrole nitrogens is 1. The van der Waals surface area contributed by atoms with Gasteiger partial charge in [0, 0.05) is 30.9 Å². The summed E-state index contributed by atoms with van der Waals surface area (Å²) in [6.45, 7) is 13.1. The van der Waals surface area contributed by atoms with E-state index in [2.05, 4.69) is 53.8 Å². The molecule has 0 saturated carbocycles. The predicted molar refractivity (Wildman–Crippen MR) is 123 cm³/mol. The van der Waals surface area contributed by atoms with Crippen LogP contribution in [-0.4, -0.2) is 40.5 Å². The van der Waals surface area contributed by atoms with Gasteiger partial charge in [-0.2, -0.15) is 0 Å². The lowest BCUT2D eigenvalue weighted by atomic mass is 10.1. The predicted octanol–water partition coefficient (Wildman–Crippen LogP) is 4.82. The first-order valence-electron chi connectivity index (χ1n) is 10.5. The van der Waals surface area contributed by atoms with Crippen molar-refractivity contribution in [3.8, 4) is 11.5 Å². The Bertz CT molecular complexity index is 985. The van der Waals surface area contributed by atoms with Gasteiger partial charge in [-0.15, -0.1) is 0 Å². The molecule has 1 N–H and O–H groups in total. The first-order chi connectivity index (χ1) is 14.5. The third-order valence-corrected chi connectivity index (χ3v) is 6.28. The van der Waals surface area contributed by atoms with Crippen LogP contribution < -0.4 is 14.4 Å². The van der Waals surface area contributed by atoms with Gasteiger partial charge in [0.2, 0.25) is 0 Å². The summed E-state index contributed by atoms with van der Waals surface area (Å²) in [4.78, 5) is 10.1. The normalized spacial score (nSPS) is 12.2. The molecule has 0 spiro atoms. The van der Waals surface area contributed by atoms with Crippen molar-refractivity contribution in [3.63, 3.8) is 0 Å². The zero-order chi connectivity index (χ0) is 21.7. The number of imidazole rings is 1. The molecule has 0 radical (unpaired) electrons. The summed E-state index contributed by atoms with van der Waals surface area (Å²) in [5.41, 5.74) is 4.89. The number of anilines is 1. The van der Waals surface area contributed by atoms with E-state index in [1.54, 1.807) is 0 Å². The molecule has 0 fully saturated rings. The molecular weight excluding hydrogens is 398 g/mol. The second-order valence-corrected chi connectivity index (χ2v) is 8.33. The van der Waals surface area contributed by atoms with Crippen molar-refractivity contribution in [2.75, 3.05) is 31.2 Å². The Balaban J connectivity index is 1.95. The van der Waals surface area contributed by atoms with Crippen LogP contribution in [0, 0.1) is 6.92 Å². The van der Waals surface area contributed by atoms with Crippen molar-refractivity contribution < 1.29 is 13.7 Å². The van der Waals surface area contributed by atoms with E-state index < -0.39 is 10.8 Å². The zero-order valence-corrected chi connectivity index (χ0v) is 19.3. The van der Waals surface area contributed by atoms with Crippen LogP contribution in [0.5, 0.6) is 11.5 Å². The molecule has 0 bridgehead atoms. The molecule has 0 aliphatic rings. The molecule has 3 aromatic rings. The van der Waals surface area contributed by atoms with Gasteiger partial charge in [0.25, 0.3) is 0 Å². The van der Waals surface area contributed by atoms with E-state index in [4.69, 9.17) is 9.47 Å². The molecule has 1 atom stereocenters. The maximum absolute atomic E-state index is 13.2. The summed E-state index contributed by atoms with van der Waals surface area (Å²) in [5.74, 6) is 1.73. The molecule has 162 valence electrons. The van der Waals surface area contributed by atoms with E-state index in [0.717, 1.165) is 40.9 Å². The van der Waals surface area contributed by atoms with Crippen LogP contribution in [-0.2, 0) is 16.6 Å². The monoisotopic (exact) mass is 429 g/mol. The Morgan fingerprint density at radius 3 is 2.33 bits per heavy atom. The van der Waals surface area contributed by atoms with Gasteiger partial charge in [-0.05, 0) is 51.8 Å². The standard InChI is InChI=1S/C23H31N3O3S/c1-6-26(7-2)20-12-10-11-16(5)17(20)15-30(27)23-24-18-13-21(28-8-3)22(29-9-4)14-19(18)25-23/h10-14H,6-9,15H2,1-5H3,(H,24,25). The number of aryl methyl sites for hydroxylation is 1. The number of nitrogens with one attached hydrogen (secondary N) is 1. The largest absolute Gasteiger partial charge is 0.490 e.